The summed E-state index contributed by atoms with van der Waals surface area (Å²) in [6.45, 7) is 6.10. The molecule has 0 spiro atoms. The minimum Gasteiger partial charge on any atom is -0.355 e. The highest BCUT2D eigenvalue weighted by molar-refractivity contribution is 5.77. The summed E-state index contributed by atoms with van der Waals surface area (Å²) in [6, 6.07) is 0. The molecule has 0 saturated heterocycles. The third kappa shape index (κ3) is 9.08. The van der Waals surface area contributed by atoms with E-state index in [1.54, 1.807) is 0 Å². The van der Waals surface area contributed by atoms with Crippen LogP contribution in [-0.4, -0.2) is 25.5 Å². The summed E-state index contributed by atoms with van der Waals surface area (Å²) in [5.74, 6) is 0.0855. The van der Waals surface area contributed by atoms with E-state index in [1.165, 1.54) is 0 Å². The second-order valence-electron chi connectivity index (χ2n) is 2.88. The Kier molecular flexibility index (Phi) is 8.67. The van der Waals surface area contributed by atoms with E-state index in [0.717, 1.165) is 25.9 Å². The quantitative estimate of drug-likeness (QED) is 0.459. The predicted octanol–water partition coefficient (Wildman–Crippen LogP) is 1.07. The smallest absolute Gasteiger partial charge is 0.233 e. The van der Waals surface area contributed by atoms with Gasteiger partial charge in [-0.25, -0.2) is 0 Å². The van der Waals surface area contributed by atoms with Crippen molar-refractivity contribution in [3.05, 3.63) is 12.2 Å². The molecule has 0 aliphatic rings. The lowest BCUT2D eigenvalue weighted by atomic mass is 10.4. The molecule has 0 saturated carbocycles. The van der Waals surface area contributed by atoms with Crippen LogP contribution < -0.4 is 10.6 Å². The Labute approximate surface area is 80.6 Å². The van der Waals surface area contributed by atoms with Gasteiger partial charge in [-0.3, -0.25) is 4.79 Å². The predicted molar refractivity (Wildman–Crippen MR) is 55.6 cm³/mol. The summed E-state index contributed by atoms with van der Waals surface area (Å²) in [5.41, 5.74) is 0. The first-order valence-electron chi connectivity index (χ1n) is 4.89. The molecule has 0 radical (unpaired) electrons. The highest BCUT2D eigenvalue weighted by Crippen LogP contribution is 1.78. The number of hydrogen-bond donors (Lipinski definition) is 2. The zero-order chi connectivity index (χ0) is 9.94. The van der Waals surface area contributed by atoms with E-state index in [1.807, 2.05) is 19.9 Å². The normalized spacial score (nSPS) is 10.6. The van der Waals surface area contributed by atoms with Gasteiger partial charge in [0.05, 0.1) is 6.54 Å². The van der Waals surface area contributed by atoms with Crippen molar-refractivity contribution in [2.45, 2.75) is 26.7 Å². The Hall–Kier alpha value is -0.830. The number of carbonyl (C=O) groups is 1. The summed E-state index contributed by atoms with van der Waals surface area (Å²) in [4.78, 5) is 11.0. The van der Waals surface area contributed by atoms with Gasteiger partial charge in [-0.15, -0.1) is 0 Å². The number of carbonyl (C=O) groups excluding carboxylic acids is 1. The molecule has 76 valence electrons. The molecule has 0 fully saturated rings. The average Bonchev–Trinajstić information content (AvgIpc) is 2.14. The number of amides is 1. The molecule has 0 unspecified atom stereocenters. The van der Waals surface area contributed by atoms with E-state index in [4.69, 9.17) is 0 Å². The summed E-state index contributed by atoms with van der Waals surface area (Å²) in [5, 5.41) is 5.87. The maximum Gasteiger partial charge on any atom is 0.233 e. The summed E-state index contributed by atoms with van der Waals surface area (Å²) in [7, 11) is 0. The van der Waals surface area contributed by atoms with Crippen molar-refractivity contribution in [3.8, 4) is 0 Å². The maximum atomic E-state index is 11.0. The van der Waals surface area contributed by atoms with Gasteiger partial charge in [0.15, 0.2) is 0 Å². The molecule has 0 aliphatic carbocycles. The lowest BCUT2D eigenvalue weighted by Crippen LogP contribution is -2.34. The third-order valence-electron chi connectivity index (χ3n) is 1.58. The van der Waals surface area contributed by atoms with E-state index >= 15 is 0 Å². The van der Waals surface area contributed by atoms with Crippen LogP contribution in [0.15, 0.2) is 12.2 Å². The standard InChI is InChI=1S/C10H20N2O/c1-3-5-6-8-11-9-10(13)12-7-4-2/h3,5,11H,4,6-9H2,1-2H3,(H,12,13)/b5-3+. The van der Waals surface area contributed by atoms with Gasteiger partial charge >= 0.3 is 0 Å². The monoisotopic (exact) mass is 184 g/mol. The highest BCUT2D eigenvalue weighted by Gasteiger charge is 1.96. The topological polar surface area (TPSA) is 41.1 Å². The van der Waals surface area contributed by atoms with Crippen molar-refractivity contribution < 1.29 is 4.79 Å². The van der Waals surface area contributed by atoms with Crippen LogP contribution in [0.2, 0.25) is 0 Å². The van der Waals surface area contributed by atoms with Gasteiger partial charge in [0.2, 0.25) is 5.91 Å². The minimum absolute atomic E-state index is 0.0855. The molecule has 3 nitrogen and oxygen atoms in total. The molecular weight excluding hydrogens is 164 g/mol. The number of allylic oxidation sites excluding steroid dienone is 1. The highest BCUT2D eigenvalue weighted by atomic mass is 16.1. The molecule has 0 atom stereocenters. The molecule has 13 heavy (non-hydrogen) atoms. The molecule has 0 aromatic heterocycles. The van der Waals surface area contributed by atoms with E-state index in [9.17, 15) is 4.79 Å². The second kappa shape index (κ2) is 9.26. The Morgan fingerprint density at radius 2 is 2.15 bits per heavy atom. The fourth-order valence-corrected chi connectivity index (χ4v) is 0.881. The van der Waals surface area contributed by atoms with E-state index in [0.29, 0.717) is 6.54 Å². The van der Waals surface area contributed by atoms with Crippen molar-refractivity contribution in [3.63, 3.8) is 0 Å². The van der Waals surface area contributed by atoms with Crippen LogP contribution in [-0.2, 0) is 4.79 Å². The van der Waals surface area contributed by atoms with Crippen LogP contribution in [0.3, 0.4) is 0 Å². The molecule has 2 N–H and O–H groups in total. The van der Waals surface area contributed by atoms with E-state index < -0.39 is 0 Å². The zero-order valence-corrected chi connectivity index (χ0v) is 8.60. The molecule has 0 bridgehead atoms. The Bertz CT molecular complexity index is 155. The van der Waals surface area contributed by atoms with Gasteiger partial charge < -0.3 is 10.6 Å². The van der Waals surface area contributed by atoms with Crippen molar-refractivity contribution in [2.24, 2.45) is 0 Å². The van der Waals surface area contributed by atoms with Crippen LogP contribution in [0.5, 0.6) is 0 Å². The van der Waals surface area contributed by atoms with Crippen molar-refractivity contribution in [1.82, 2.24) is 10.6 Å². The third-order valence-corrected chi connectivity index (χ3v) is 1.58. The van der Waals surface area contributed by atoms with Crippen molar-refractivity contribution in [2.75, 3.05) is 19.6 Å². The van der Waals surface area contributed by atoms with Crippen LogP contribution in [0.25, 0.3) is 0 Å². The van der Waals surface area contributed by atoms with Crippen LogP contribution in [0.1, 0.15) is 26.7 Å². The summed E-state index contributed by atoms with van der Waals surface area (Å²) in [6.07, 6.45) is 6.07. The summed E-state index contributed by atoms with van der Waals surface area (Å²) >= 11 is 0. The van der Waals surface area contributed by atoms with Gasteiger partial charge in [0.25, 0.3) is 0 Å². The first kappa shape index (κ1) is 12.2. The summed E-state index contributed by atoms with van der Waals surface area (Å²) < 4.78 is 0. The number of nitrogens with one attached hydrogen (secondary N) is 2. The first-order chi connectivity index (χ1) is 6.31. The van der Waals surface area contributed by atoms with Gasteiger partial charge in [-0.05, 0) is 26.3 Å². The Morgan fingerprint density at radius 1 is 1.38 bits per heavy atom. The second-order valence-corrected chi connectivity index (χ2v) is 2.88. The maximum absolute atomic E-state index is 11.0. The molecular formula is C10H20N2O. The molecule has 0 aromatic carbocycles. The van der Waals surface area contributed by atoms with Gasteiger partial charge in [-0.1, -0.05) is 19.1 Å². The molecule has 0 aliphatic heterocycles. The Morgan fingerprint density at radius 3 is 2.77 bits per heavy atom. The number of hydrogen-bond acceptors (Lipinski definition) is 2. The van der Waals surface area contributed by atoms with Gasteiger partial charge in [0.1, 0.15) is 0 Å². The molecule has 3 heteroatoms. The zero-order valence-electron chi connectivity index (χ0n) is 8.60. The van der Waals surface area contributed by atoms with E-state index in [2.05, 4.69) is 16.7 Å². The molecule has 0 rings (SSSR count). The molecule has 1 amide bonds. The molecule has 0 aromatic rings. The molecule has 0 heterocycles. The minimum atomic E-state index is 0.0855. The fourth-order valence-electron chi connectivity index (χ4n) is 0.881. The van der Waals surface area contributed by atoms with Crippen molar-refractivity contribution in [1.29, 1.82) is 0 Å². The van der Waals surface area contributed by atoms with Crippen LogP contribution in [0, 0.1) is 0 Å². The Balaban J connectivity index is 3.17. The lowest BCUT2D eigenvalue weighted by Gasteiger charge is -2.03. The van der Waals surface area contributed by atoms with E-state index in [-0.39, 0.29) is 5.91 Å². The largest absolute Gasteiger partial charge is 0.355 e. The lowest BCUT2D eigenvalue weighted by molar-refractivity contribution is -0.120. The SMILES string of the molecule is C/C=C/CCNCC(=O)NCCC. The van der Waals surface area contributed by atoms with Crippen LogP contribution in [0.4, 0.5) is 0 Å². The van der Waals surface area contributed by atoms with Gasteiger partial charge in [-0.2, -0.15) is 0 Å². The van der Waals surface area contributed by atoms with Crippen molar-refractivity contribution >= 4 is 5.91 Å². The first-order valence-corrected chi connectivity index (χ1v) is 4.89. The average molecular weight is 184 g/mol. The van der Waals surface area contributed by atoms with Crippen LogP contribution >= 0.6 is 0 Å². The fraction of sp³-hybridized carbons (Fsp3) is 0.700. The number of rotatable bonds is 7. The van der Waals surface area contributed by atoms with Gasteiger partial charge in [0, 0.05) is 6.54 Å².